The average molecular weight is 204 g/mol. The van der Waals surface area contributed by atoms with Crippen molar-refractivity contribution in [3.05, 3.63) is 35.9 Å². The number of hydrogen-bond donors (Lipinski definition) is 0. The first-order chi connectivity index (χ1) is 7.43. The molecule has 0 aliphatic rings. The van der Waals surface area contributed by atoms with Crippen LogP contribution in [0.5, 0.6) is 0 Å². The third-order valence-corrected chi connectivity index (χ3v) is 2.09. The molecule has 1 rings (SSSR count). The third kappa shape index (κ3) is 5.89. The van der Waals surface area contributed by atoms with Crippen molar-refractivity contribution in [1.82, 2.24) is 0 Å². The molecule has 2 heteroatoms. The molecule has 1 aromatic carbocycles. The fourth-order valence-corrected chi connectivity index (χ4v) is 1.23. The van der Waals surface area contributed by atoms with Crippen LogP contribution in [0.25, 0.3) is 0 Å². The monoisotopic (exact) mass is 204 g/mol. The predicted octanol–water partition coefficient (Wildman–Crippen LogP) is 3.42. The van der Waals surface area contributed by atoms with E-state index in [1.165, 1.54) is 19.3 Å². The average Bonchev–Trinajstić information content (AvgIpc) is 2.29. The summed E-state index contributed by atoms with van der Waals surface area (Å²) in [5, 5.41) is 3.88. The molecular weight excluding hydrogens is 186 g/mol. The lowest BCUT2D eigenvalue weighted by atomic mass is 10.2. The topological polar surface area (TPSA) is 21.6 Å². The van der Waals surface area contributed by atoms with E-state index in [0.717, 1.165) is 12.0 Å². The zero-order valence-electron chi connectivity index (χ0n) is 9.28. The summed E-state index contributed by atoms with van der Waals surface area (Å²) >= 11 is 0. The molecular formula is C13H18NO. The van der Waals surface area contributed by atoms with Crippen molar-refractivity contribution in [2.75, 3.05) is 6.61 Å². The third-order valence-electron chi connectivity index (χ3n) is 2.09. The van der Waals surface area contributed by atoms with Gasteiger partial charge in [-0.2, -0.15) is 0 Å². The van der Waals surface area contributed by atoms with Crippen LogP contribution in [0.3, 0.4) is 0 Å². The molecule has 0 unspecified atom stereocenters. The quantitative estimate of drug-likeness (QED) is 0.379. The molecule has 0 aromatic heterocycles. The maximum absolute atomic E-state index is 5.13. The number of hydrogen-bond acceptors (Lipinski definition) is 2. The van der Waals surface area contributed by atoms with Gasteiger partial charge in [-0.1, -0.05) is 49.2 Å². The van der Waals surface area contributed by atoms with E-state index in [1.54, 1.807) is 6.21 Å². The molecule has 0 amide bonds. The highest BCUT2D eigenvalue weighted by atomic mass is 16.6. The Morgan fingerprint density at radius 1 is 1.33 bits per heavy atom. The van der Waals surface area contributed by atoms with Gasteiger partial charge in [-0.15, -0.1) is 0 Å². The second-order valence-electron chi connectivity index (χ2n) is 3.45. The molecule has 0 spiro atoms. The van der Waals surface area contributed by atoms with Crippen molar-refractivity contribution in [2.45, 2.75) is 32.6 Å². The van der Waals surface area contributed by atoms with Crippen LogP contribution in [-0.2, 0) is 4.84 Å². The van der Waals surface area contributed by atoms with E-state index in [9.17, 15) is 0 Å². The summed E-state index contributed by atoms with van der Waals surface area (Å²) in [6.07, 6.45) is 6.54. The summed E-state index contributed by atoms with van der Waals surface area (Å²) in [6.45, 7) is 2.91. The largest absolute Gasteiger partial charge is 0.396 e. The lowest BCUT2D eigenvalue weighted by molar-refractivity contribution is 0.141. The standard InChI is InChI=1S/C13H18NO/c1-2-3-4-8-11-15-14-12-13-9-6-5-7-10-13/h5-7,9,12H,2-4,8,11H2,1H3. The van der Waals surface area contributed by atoms with E-state index in [4.69, 9.17) is 4.84 Å². The first-order valence-electron chi connectivity index (χ1n) is 5.55. The molecule has 0 atom stereocenters. The molecule has 0 saturated carbocycles. The van der Waals surface area contributed by atoms with Crippen molar-refractivity contribution in [2.24, 2.45) is 5.16 Å². The summed E-state index contributed by atoms with van der Waals surface area (Å²) < 4.78 is 0. The molecule has 81 valence electrons. The van der Waals surface area contributed by atoms with E-state index in [2.05, 4.69) is 18.1 Å². The van der Waals surface area contributed by atoms with Gasteiger partial charge in [0.2, 0.25) is 0 Å². The first kappa shape index (κ1) is 11.8. The zero-order chi connectivity index (χ0) is 10.8. The summed E-state index contributed by atoms with van der Waals surface area (Å²) in [7, 11) is 0. The molecule has 0 heterocycles. The van der Waals surface area contributed by atoms with E-state index >= 15 is 0 Å². The van der Waals surface area contributed by atoms with Crippen LogP contribution >= 0.6 is 0 Å². The summed E-state index contributed by atoms with van der Waals surface area (Å²) in [5.74, 6) is 0. The number of oxime groups is 1. The van der Waals surface area contributed by atoms with Gasteiger partial charge < -0.3 is 4.84 Å². The molecule has 15 heavy (non-hydrogen) atoms. The Morgan fingerprint density at radius 2 is 2.27 bits per heavy atom. The lowest BCUT2D eigenvalue weighted by Gasteiger charge is -1.98. The van der Waals surface area contributed by atoms with Crippen LogP contribution in [0.1, 0.15) is 38.2 Å². The van der Waals surface area contributed by atoms with Crippen molar-refractivity contribution in [3.8, 4) is 0 Å². The molecule has 0 saturated heterocycles. The second-order valence-corrected chi connectivity index (χ2v) is 3.45. The van der Waals surface area contributed by atoms with Gasteiger partial charge in [-0.25, -0.2) is 0 Å². The van der Waals surface area contributed by atoms with Crippen LogP contribution in [0.4, 0.5) is 0 Å². The highest BCUT2D eigenvalue weighted by Gasteiger charge is 1.87. The number of rotatable bonds is 7. The van der Waals surface area contributed by atoms with Crippen LogP contribution in [0, 0.1) is 6.07 Å². The van der Waals surface area contributed by atoms with Gasteiger partial charge in [0.15, 0.2) is 0 Å². The molecule has 2 nitrogen and oxygen atoms in total. The van der Waals surface area contributed by atoms with Crippen molar-refractivity contribution >= 4 is 6.21 Å². The van der Waals surface area contributed by atoms with Gasteiger partial charge >= 0.3 is 0 Å². The molecule has 0 aliphatic heterocycles. The fraction of sp³-hybridized carbons (Fsp3) is 0.462. The lowest BCUT2D eigenvalue weighted by Crippen LogP contribution is -1.89. The maximum Gasteiger partial charge on any atom is 0.117 e. The zero-order valence-corrected chi connectivity index (χ0v) is 9.28. The van der Waals surface area contributed by atoms with Gasteiger partial charge in [0, 0.05) is 5.56 Å². The Bertz CT molecular complexity index is 269. The number of unbranched alkanes of at least 4 members (excludes halogenated alkanes) is 3. The molecule has 1 aromatic rings. The minimum absolute atomic E-state index is 0.712. The fourth-order valence-electron chi connectivity index (χ4n) is 1.23. The van der Waals surface area contributed by atoms with Gasteiger partial charge in [-0.05, 0) is 18.9 Å². The van der Waals surface area contributed by atoms with Gasteiger partial charge in [-0.3, -0.25) is 0 Å². The minimum Gasteiger partial charge on any atom is -0.396 e. The Labute approximate surface area is 91.9 Å². The Hall–Kier alpha value is -1.31. The molecule has 0 bridgehead atoms. The SMILES string of the molecule is CCCCCCON=Cc1[c]cccc1. The van der Waals surface area contributed by atoms with Crippen LogP contribution in [0.2, 0.25) is 0 Å². The molecule has 0 fully saturated rings. The predicted molar refractivity (Wildman–Crippen MR) is 63.0 cm³/mol. The van der Waals surface area contributed by atoms with Gasteiger partial charge in [0.05, 0.1) is 6.21 Å². The van der Waals surface area contributed by atoms with Crippen LogP contribution < -0.4 is 0 Å². The molecule has 1 radical (unpaired) electrons. The van der Waals surface area contributed by atoms with Crippen molar-refractivity contribution in [1.29, 1.82) is 0 Å². The summed E-state index contributed by atoms with van der Waals surface area (Å²) in [5.41, 5.74) is 0.950. The number of nitrogens with zero attached hydrogens (tertiary/aromatic N) is 1. The van der Waals surface area contributed by atoms with Crippen molar-refractivity contribution in [3.63, 3.8) is 0 Å². The van der Waals surface area contributed by atoms with E-state index in [1.807, 2.05) is 24.3 Å². The minimum atomic E-state index is 0.712. The molecule has 0 aliphatic carbocycles. The van der Waals surface area contributed by atoms with Crippen LogP contribution in [-0.4, -0.2) is 12.8 Å². The first-order valence-corrected chi connectivity index (χ1v) is 5.55. The van der Waals surface area contributed by atoms with Gasteiger partial charge in [0.1, 0.15) is 6.61 Å². The molecule has 0 N–H and O–H groups in total. The maximum atomic E-state index is 5.13. The second kappa shape index (κ2) is 8.04. The Balaban J connectivity index is 2.07. The van der Waals surface area contributed by atoms with E-state index in [-0.39, 0.29) is 0 Å². The van der Waals surface area contributed by atoms with E-state index < -0.39 is 0 Å². The highest BCUT2D eigenvalue weighted by Crippen LogP contribution is 1.99. The number of benzene rings is 1. The Morgan fingerprint density at radius 3 is 3.00 bits per heavy atom. The smallest absolute Gasteiger partial charge is 0.117 e. The normalized spacial score (nSPS) is 10.7. The van der Waals surface area contributed by atoms with Crippen LogP contribution in [0.15, 0.2) is 29.4 Å². The Kier molecular flexibility index (Phi) is 6.30. The summed E-state index contributed by atoms with van der Waals surface area (Å²) in [4.78, 5) is 5.13. The van der Waals surface area contributed by atoms with Crippen molar-refractivity contribution < 1.29 is 4.84 Å². The van der Waals surface area contributed by atoms with Gasteiger partial charge in [0.25, 0.3) is 0 Å². The summed E-state index contributed by atoms with van der Waals surface area (Å²) in [6, 6.07) is 10.8. The van der Waals surface area contributed by atoms with E-state index in [0.29, 0.717) is 6.61 Å². The highest BCUT2D eigenvalue weighted by molar-refractivity contribution is 5.78.